The molecule has 1 fully saturated rings. The Kier molecular flexibility index (Phi) is 4.14. The van der Waals surface area contributed by atoms with Crippen LogP contribution in [0.25, 0.3) is 0 Å². The minimum atomic E-state index is -1.52. The van der Waals surface area contributed by atoms with Crippen LogP contribution in [0.15, 0.2) is 10.7 Å². The van der Waals surface area contributed by atoms with Gasteiger partial charge in [-0.25, -0.2) is 4.79 Å². The molecule has 0 saturated carbocycles. The Hall–Kier alpha value is -1.41. The van der Waals surface area contributed by atoms with Crippen LogP contribution in [0, 0.1) is 13.8 Å². The highest BCUT2D eigenvalue weighted by molar-refractivity contribution is 5.92. The smallest absolute Gasteiger partial charge is 0.344 e. The third-order valence-electron chi connectivity index (χ3n) is 3.39. The maximum atomic E-state index is 12.0. The van der Waals surface area contributed by atoms with Crippen molar-refractivity contribution in [1.29, 1.82) is 0 Å². The first-order valence-corrected chi connectivity index (χ1v) is 6.28. The van der Waals surface area contributed by atoms with E-state index in [4.69, 9.17) is 13.9 Å². The van der Waals surface area contributed by atoms with E-state index in [1.807, 2.05) is 0 Å². The Morgan fingerprint density at radius 1 is 1.20 bits per heavy atom. The minimum Gasteiger partial charge on any atom is -0.468 e. The molecule has 7 nitrogen and oxygen atoms in total. The lowest BCUT2D eigenvalue weighted by Crippen LogP contribution is -2.57. The first kappa shape index (κ1) is 15.0. The van der Waals surface area contributed by atoms with Gasteiger partial charge in [-0.15, -0.1) is 0 Å². The van der Waals surface area contributed by atoms with E-state index in [1.54, 1.807) is 13.8 Å². The standard InChI is InChI=1S/C13H18O7/c1-5-4-18-6(2)8(5)12(17)20-13-11(16)10(15)9(14)7(3)19-13/h4,7,9-11,13-16H,1-3H3/t7-,9-,10+,11+,13-/m0/s1/i2+1,6+1,8+1,12+1. The molecule has 0 bridgehead atoms. The normalized spacial score (nSPS) is 34.0. The van der Waals surface area contributed by atoms with E-state index in [-0.39, 0.29) is 5.56 Å². The molecule has 0 aromatic carbocycles. The number of aryl methyl sites for hydroxylation is 2. The van der Waals surface area contributed by atoms with E-state index < -0.39 is 36.7 Å². The average Bonchev–Trinajstić information content (AvgIpc) is 2.73. The highest BCUT2D eigenvalue weighted by atomic mass is 16.8. The number of esters is 1. The maximum Gasteiger partial charge on any atom is 0.344 e. The van der Waals surface area contributed by atoms with Gasteiger partial charge in [0.25, 0.3) is 0 Å². The van der Waals surface area contributed by atoms with E-state index >= 15 is 0 Å². The predicted octanol–water partition coefficient (Wildman–Crippen LogP) is -0.119. The van der Waals surface area contributed by atoms with Gasteiger partial charge in [0, 0.05) is 5.56 Å². The molecule has 1 aromatic rings. The van der Waals surface area contributed by atoms with Crippen molar-refractivity contribution in [2.24, 2.45) is 0 Å². The Morgan fingerprint density at radius 3 is 2.40 bits per heavy atom. The first-order valence-electron chi connectivity index (χ1n) is 6.28. The third-order valence-corrected chi connectivity index (χ3v) is 3.39. The molecule has 20 heavy (non-hydrogen) atoms. The van der Waals surface area contributed by atoms with Crippen LogP contribution in [0.3, 0.4) is 0 Å². The van der Waals surface area contributed by atoms with E-state index in [1.165, 1.54) is 13.2 Å². The molecule has 2 heterocycles. The Bertz CT molecular complexity index is 475. The van der Waals surface area contributed by atoms with Gasteiger partial charge in [-0.1, -0.05) is 0 Å². The summed E-state index contributed by atoms with van der Waals surface area (Å²) in [7, 11) is 0. The summed E-state index contributed by atoms with van der Waals surface area (Å²) in [6.45, 7) is 4.81. The van der Waals surface area contributed by atoms with Gasteiger partial charge in [-0.05, 0) is 20.8 Å². The highest BCUT2D eigenvalue weighted by Gasteiger charge is 2.44. The fraction of sp³-hybridized carbons (Fsp3) is 0.615. The topological polar surface area (TPSA) is 109 Å². The summed E-state index contributed by atoms with van der Waals surface area (Å²) in [6.07, 6.45) is -4.88. The van der Waals surface area contributed by atoms with Crippen LogP contribution in [0.4, 0.5) is 0 Å². The van der Waals surface area contributed by atoms with Crippen LogP contribution in [0.1, 0.15) is 28.6 Å². The van der Waals surface area contributed by atoms with Crippen molar-refractivity contribution < 1.29 is 34.0 Å². The summed E-state index contributed by atoms with van der Waals surface area (Å²) in [5.41, 5.74) is 0.862. The summed E-state index contributed by atoms with van der Waals surface area (Å²) < 4.78 is 15.4. The zero-order valence-corrected chi connectivity index (χ0v) is 11.4. The number of hydrogen-bond donors (Lipinski definition) is 3. The van der Waals surface area contributed by atoms with E-state index in [9.17, 15) is 20.1 Å². The fourth-order valence-electron chi connectivity index (χ4n) is 2.15. The van der Waals surface area contributed by atoms with Crippen molar-refractivity contribution in [2.75, 3.05) is 0 Å². The van der Waals surface area contributed by atoms with Crippen LogP contribution in [-0.2, 0) is 9.47 Å². The van der Waals surface area contributed by atoms with Crippen LogP contribution in [0.5, 0.6) is 0 Å². The van der Waals surface area contributed by atoms with E-state index in [2.05, 4.69) is 0 Å². The van der Waals surface area contributed by atoms with Gasteiger partial charge in [0.1, 0.15) is 29.6 Å². The fourth-order valence-corrected chi connectivity index (χ4v) is 2.15. The maximum absolute atomic E-state index is 12.0. The Labute approximate surface area is 115 Å². The van der Waals surface area contributed by atoms with Gasteiger partial charge in [0.2, 0.25) is 6.29 Å². The van der Waals surface area contributed by atoms with Gasteiger partial charge in [0.05, 0.1) is 12.4 Å². The van der Waals surface area contributed by atoms with Gasteiger partial charge >= 0.3 is 5.97 Å². The number of carbonyl (C=O) groups excluding carboxylic acids is 1. The predicted molar refractivity (Wildman–Crippen MR) is 66.0 cm³/mol. The summed E-state index contributed by atoms with van der Waals surface area (Å²) in [4.78, 5) is 12.0. The van der Waals surface area contributed by atoms with Crippen molar-refractivity contribution in [3.63, 3.8) is 0 Å². The lowest BCUT2D eigenvalue weighted by Gasteiger charge is -2.38. The number of carbonyl (C=O) groups is 1. The van der Waals surface area contributed by atoms with E-state index in [0.29, 0.717) is 11.3 Å². The highest BCUT2D eigenvalue weighted by Crippen LogP contribution is 2.24. The van der Waals surface area contributed by atoms with Crippen molar-refractivity contribution in [2.45, 2.75) is 51.5 Å². The zero-order chi connectivity index (χ0) is 15.0. The molecular formula is C13H18O7. The number of rotatable bonds is 2. The van der Waals surface area contributed by atoms with Crippen LogP contribution < -0.4 is 0 Å². The van der Waals surface area contributed by atoms with Crippen molar-refractivity contribution in [1.82, 2.24) is 0 Å². The quantitative estimate of drug-likeness (QED) is 0.514. The van der Waals surface area contributed by atoms with Crippen molar-refractivity contribution in [3.05, 3.63) is 23.2 Å². The number of hydrogen-bond acceptors (Lipinski definition) is 7. The third kappa shape index (κ3) is 2.57. The first-order chi connectivity index (χ1) is 9.32. The largest absolute Gasteiger partial charge is 0.468 e. The summed E-state index contributed by atoms with van der Waals surface area (Å²) >= 11 is 0. The molecule has 2 rings (SSSR count). The second-order valence-electron chi connectivity index (χ2n) is 4.94. The Morgan fingerprint density at radius 2 is 1.85 bits per heavy atom. The molecule has 0 amide bonds. The SMILES string of the molecule is Cc1co[13c]([13CH3])[13c]1[13C](=O)O[C@@H]1O[C@@H](C)[C@H](O)[C@@H](O)[C@H]1O. The molecule has 0 unspecified atom stereocenters. The molecule has 1 aromatic heterocycles. The summed E-state index contributed by atoms with van der Waals surface area (Å²) in [5.74, 6) is -0.319. The molecule has 0 radical (unpaired) electrons. The summed E-state index contributed by atoms with van der Waals surface area (Å²) in [5, 5.41) is 29.0. The van der Waals surface area contributed by atoms with Gasteiger partial charge in [0.15, 0.2) is 0 Å². The second kappa shape index (κ2) is 5.53. The van der Waals surface area contributed by atoms with Gasteiger partial charge < -0.3 is 29.2 Å². The molecule has 112 valence electrons. The lowest BCUT2D eigenvalue weighted by atomic mass is 10.0. The van der Waals surface area contributed by atoms with E-state index in [0.717, 1.165) is 0 Å². The lowest BCUT2D eigenvalue weighted by molar-refractivity contribution is -0.276. The number of ether oxygens (including phenoxy) is 2. The molecule has 1 saturated heterocycles. The minimum absolute atomic E-state index is 0.258. The molecular weight excluding hydrogens is 272 g/mol. The molecule has 1 aliphatic rings. The van der Waals surface area contributed by atoms with Crippen LogP contribution in [-0.4, -0.2) is 52.0 Å². The van der Waals surface area contributed by atoms with Crippen LogP contribution in [0.2, 0.25) is 0 Å². The number of furan rings is 1. The average molecular weight is 290 g/mol. The van der Waals surface area contributed by atoms with Gasteiger partial charge in [-0.2, -0.15) is 0 Å². The monoisotopic (exact) mass is 290 g/mol. The molecule has 0 spiro atoms. The molecule has 3 N–H and O–H groups in total. The number of aliphatic hydroxyl groups excluding tert-OH is 3. The zero-order valence-electron chi connectivity index (χ0n) is 11.4. The summed E-state index contributed by atoms with van der Waals surface area (Å²) in [6, 6.07) is 0. The van der Waals surface area contributed by atoms with Crippen molar-refractivity contribution in [3.8, 4) is 0 Å². The molecule has 0 aliphatic carbocycles. The molecule has 5 atom stereocenters. The Balaban J connectivity index is 2.12. The number of aliphatic hydroxyl groups is 3. The van der Waals surface area contributed by atoms with Crippen LogP contribution >= 0.6 is 0 Å². The molecule has 1 aliphatic heterocycles. The molecule has 7 heteroatoms. The second-order valence-corrected chi connectivity index (χ2v) is 4.94. The van der Waals surface area contributed by atoms with Crippen molar-refractivity contribution >= 4 is 5.97 Å². The van der Waals surface area contributed by atoms with Gasteiger partial charge in [-0.3, -0.25) is 0 Å².